The summed E-state index contributed by atoms with van der Waals surface area (Å²) in [6.45, 7) is 5.62. The van der Waals surface area contributed by atoms with Crippen LogP contribution in [0.2, 0.25) is 0 Å². The first-order chi connectivity index (χ1) is 8.09. The molecule has 0 saturated carbocycles. The number of halogens is 1. The van der Waals surface area contributed by atoms with Crippen LogP contribution in [0.4, 0.5) is 10.1 Å². The SMILES string of the molecule is CC(C)c1ccc(N(C)C2CCOC2)c(F)c1. The van der Waals surface area contributed by atoms with Gasteiger partial charge in [-0.1, -0.05) is 19.9 Å². The maximum atomic E-state index is 14.0. The van der Waals surface area contributed by atoms with Crippen LogP contribution in [0.3, 0.4) is 0 Å². The van der Waals surface area contributed by atoms with Gasteiger partial charge in [-0.05, 0) is 30.0 Å². The third-order valence-corrected chi connectivity index (χ3v) is 3.47. The van der Waals surface area contributed by atoms with Gasteiger partial charge >= 0.3 is 0 Å². The Hall–Kier alpha value is -1.09. The second-order valence-corrected chi connectivity index (χ2v) is 4.99. The Bertz CT molecular complexity index is 386. The molecule has 0 aliphatic carbocycles. The van der Waals surface area contributed by atoms with Gasteiger partial charge in [0, 0.05) is 13.7 Å². The van der Waals surface area contributed by atoms with Crippen molar-refractivity contribution in [3.63, 3.8) is 0 Å². The highest BCUT2D eigenvalue weighted by Crippen LogP contribution is 2.26. The predicted molar refractivity (Wildman–Crippen MR) is 68.1 cm³/mol. The van der Waals surface area contributed by atoms with Crippen LogP contribution >= 0.6 is 0 Å². The number of hydrogen-bond donors (Lipinski definition) is 0. The average Bonchev–Trinajstić information content (AvgIpc) is 2.81. The van der Waals surface area contributed by atoms with Crippen molar-refractivity contribution in [1.82, 2.24) is 0 Å². The number of anilines is 1. The number of hydrogen-bond acceptors (Lipinski definition) is 2. The molecule has 1 aliphatic rings. The normalized spacial score (nSPS) is 19.9. The standard InChI is InChI=1S/C14H20FNO/c1-10(2)11-4-5-14(13(15)8-11)16(3)12-6-7-17-9-12/h4-5,8,10,12H,6-7,9H2,1-3H3. The summed E-state index contributed by atoms with van der Waals surface area (Å²) in [5.41, 5.74) is 1.72. The van der Waals surface area contributed by atoms with E-state index in [2.05, 4.69) is 13.8 Å². The zero-order valence-corrected chi connectivity index (χ0v) is 10.7. The van der Waals surface area contributed by atoms with E-state index in [0.29, 0.717) is 24.3 Å². The largest absolute Gasteiger partial charge is 0.379 e. The van der Waals surface area contributed by atoms with Crippen molar-refractivity contribution >= 4 is 5.69 Å². The molecule has 94 valence electrons. The summed E-state index contributed by atoms with van der Waals surface area (Å²) in [5.74, 6) is 0.226. The first-order valence-electron chi connectivity index (χ1n) is 6.19. The number of benzene rings is 1. The third-order valence-electron chi connectivity index (χ3n) is 3.47. The summed E-state index contributed by atoms with van der Waals surface area (Å²) in [4.78, 5) is 1.99. The van der Waals surface area contributed by atoms with Crippen molar-refractivity contribution in [2.45, 2.75) is 32.2 Å². The van der Waals surface area contributed by atoms with Crippen molar-refractivity contribution in [3.05, 3.63) is 29.6 Å². The van der Waals surface area contributed by atoms with Gasteiger partial charge in [0.25, 0.3) is 0 Å². The van der Waals surface area contributed by atoms with E-state index >= 15 is 0 Å². The van der Waals surface area contributed by atoms with Gasteiger partial charge in [0.05, 0.1) is 18.3 Å². The Kier molecular flexibility index (Phi) is 3.67. The summed E-state index contributed by atoms with van der Waals surface area (Å²) in [6, 6.07) is 5.83. The van der Waals surface area contributed by atoms with Gasteiger partial charge < -0.3 is 9.64 Å². The minimum absolute atomic E-state index is 0.134. The minimum atomic E-state index is -0.134. The monoisotopic (exact) mass is 237 g/mol. The Labute approximate surface area is 102 Å². The second kappa shape index (κ2) is 5.05. The lowest BCUT2D eigenvalue weighted by atomic mass is 10.0. The van der Waals surface area contributed by atoms with Gasteiger partial charge in [0.15, 0.2) is 0 Å². The molecule has 1 saturated heterocycles. The Balaban J connectivity index is 2.20. The zero-order chi connectivity index (χ0) is 12.4. The van der Waals surface area contributed by atoms with Crippen LogP contribution in [0.1, 0.15) is 31.7 Å². The molecule has 1 aromatic rings. The van der Waals surface area contributed by atoms with Gasteiger partial charge in [0.2, 0.25) is 0 Å². The van der Waals surface area contributed by atoms with Crippen LogP contribution in [0, 0.1) is 5.82 Å². The lowest BCUT2D eigenvalue weighted by Crippen LogP contribution is -2.32. The van der Waals surface area contributed by atoms with Gasteiger partial charge in [0.1, 0.15) is 5.82 Å². The van der Waals surface area contributed by atoms with Crippen LogP contribution in [-0.4, -0.2) is 26.3 Å². The molecule has 0 N–H and O–H groups in total. The van der Waals surface area contributed by atoms with E-state index < -0.39 is 0 Å². The molecule has 1 fully saturated rings. The molecular weight excluding hydrogens is 217 g/mol. The van der Waals surface area contributed by atoms with Gasteiger partial charge in [-0.25, -0.2) is 4.39 Å². The molecule has 3 heteroatoms. The fourth-order valence-corrected chi connectivity index (χ4v) is 2.19. The van der Waals surface area contributed by atoms with Gasteiger partial charge in [-0.15, -0.1) is 0 Å². The van der Waals surface area contributed by atoms with E-state index in [9.17, 15) is 4.39 Å². The molecular formula is C14H20FNO. The lowest BCUT2D eigenvalue weighted by molar-refractivity contribution is 0.193. The van der Waals surface area contributed by atoms with Crippen LogP contribution in [-0.2, 0) is 4.74 Å². The minimum Gasteiger partial charge on any atom is -0.379 e. The summed E-state index contributed by atoms with van der Waals surface area (Å²) in [5, 5.41) is 0. The van der Waals surface area contributed by atoms with Crippen molar-refractivity contribution in [3.8, 4) is 0 Å². The van der Waals surface area contributed by atoms with Crippen molar-refractivity contribution < 1.29 is 9.13 Å². The first kappa shape index (κ1) is 12.4. The van der Waals surface area contributed by atoms with Crippen LogP contribution < -0.4 is 4.90 Å². The second-order valence-electron chi connectivity index (χ2n) is 4.99. The third kappa shape index (κ3) is 2.60. The molecule has 1 unspecified atom stereocenters. The zero-order valence-electron chi connectivity index (χ0n) is 10.7. The number of nitrogens with zero attached hydrogens (tertiary/aromatic N) is 1. The van der Waals surface area contributed by atoms with Crippen LogP contribution in [0.5, 0.6) is 0 Å². The smallest absolute Gasteiger partial charge is 0.146 e. The number of ether oxygens (including phenoxy) is 1. The van der Waals surface area contributed by atoms with E-state index in [1.165, 1.54) is 0 Å². The van der Waals surface area contributed by atoms with E-state index in [1.54, 1.807) is 6.07 Å². The highest BCUT2D eigenvalue weighted by atomic mass is 19.1. The molecule has 0 radical (unpaired) electrons. The molecule has 2 nitrogen and oxygen atoms in total. The maximum absolute atomic E-state index is 14.0. The first-order valence-corrected chi connectivity index (χ1v) is 6.19. The Morgan fingerprint density at radius 2 is 2.18 bits per heavy atom. The summed E-state index contributed by atoms with van der Waals surface area (Å²) < 4.78 is 19.4. The summed E-state index contributed by atoms with van der Waals surface area (Å²) in [6.07, 6.45) is 0.974. The van der Waals surface area contributed by atoms with Crippen LogP contribution in [0.25, 0.3) is 0 Å². The molecule has 0 amide bonds. The average molecular weight is 237 g/mol. The molecule has 1 aliphatic heterocycles. The van der Waals surface area contributed by atoms with Crippen LogP contribution in [0.15, 0.2) is 18.2 Å². The van der Waals surface area contributed by atoms with Gasteiger partial charge in [-0.3, -0.25) is 0 Å². The maximum Gasteiger partial charge on any atom is 0.146 e. The van der Waals surface area contributed by atoms with Gasteiger partial charge in [-0.2, -0.15) is 0 Å². The van der Waals surface area contributed by atoms with Crippen molar-refractivity contribution in [1.29, 1.82) is 0 Å². The molecule has 1 aromatic carbocycles. The van der Waals surface area contributed by atoms with E-state index in [4.69, 9.17) is 4.74 Å². The topological polar surface area (TPSA) is 12.5 Å². The fraction of sp³-hybridized carbons (Fsp3) is 0.571. The van der Waals surface area contributed by atoms with Crippen molar-refractivity contribution in [2.75, 3.05) is 25.2 Å². The van der Waals surface area contributed by atoms with E-state index in [0.717, 1.165) is 18.6 Å². The quantitative estimate of drug-likeness (QED) is 0.800. The number of likely N-dealkylation sites (N-methyl/N-ethyl adjacent to an activating group) is 1. The summed E-state index contributed by atoms with van der Waals surface area (Å²) in [7, 11) is 1.94. The molecule has 17 heavy (non-hydrogen) atoms. The Morgan fingerprint density at radius 3 is 2.71 bits per heavy atom. The Morgan fingerprint density at radius 1 is 1.41 bits per heavy atom. The molecule has 2 rings (SSSR count). The summed E-state index contributed by atoms with van der Waals surface area (Å²) >= 11 is 0. The number of rotatable bonds is 3. The fourth-order valence-electron chi connectivity index (χ4n) is 2.19. The molecule has 1 atom stereocenters. The highest BCUT2D eigenvalue weighted by Gasteiger charge is 2.22. The van der Waals surface area contributed by atoms with E-state index in [1.807, 2.05) is 24.1 Å². The van der Waals surface area contributed by atoms with Crippen molar-refractivity contribution in [2.24, 2.45) is 0 Å². The highest BCUT2D eigenvalue weighted by molar-refractivity contribution is 5.50. The molecule has 0 aromatic heterocycles. The molecule has 0 bridgehead atoms. The molecule has 1 heterocycles. The lowest BCUT2D eigenvalue weighted by Gasteiger charge is -2.26. The molecule has 0 spiro atoms. The van der Waals surface area contributed by atoms with E-state index in [-0.39, 0.29) is 5.82 Å². The predicted octanol–water partition coefficient (Wildman–Crippen LogP) is 3.17.